The fourth-order valence-corrected chi connectivity index (χ4v) is 6.66. The highest BCUT2D eigenvalue weighted by Gasteiger charge is 2.36. The molecule has 0 spiro atoms. The number of thioether (sulfide) groups is 1. The molecule has 2 amide bonds. The first-order valence-electron chi connectivity index (χ1n) is 11.9. The van der Waals surface area contributed by atoms with Gasteiger partial charge in [-0.2, -0.15) is 18.2 Å². The largest absolute Gasteiger partial charge is 0.446 e. The molecular formula is C23H20F4N8O2S2. The lowest BCUT2D eigenvalue weighted by molar-refractivity contribution is -0.0327. The molecule has 10 nitrogen and oxygen atoms in total. The molecule has 3 atom stereocenters. The molecule has 204 valence electrons. The molecule has 3 N–H and O–H groups in total. The van der Waals surface area contributed by atoms with Gasteiger partial charge in [0.1, 0.15) is 12.2 Å². The number of urea groups is 1. The molecule has 2 aliphatic heterocycles. The summed E-state index contributed by atoms with van der Waals surface area (Å²) in [5.41, 5.74) is -4.06. The van der Waals surface area contributed by atoms with Crippen molar-refractivity contribution >= 4 is 50.9 Å². The first-order chi connectivity index (χ1) is 18.7. The molecule has 0 radical (unpaired) electrons. The van der Waals surface area contributed by atoms with Crippen molar-refractivity contribution in [2.24, 2.45) is 0 Å². The maximum atomic E-state index is 15.2. The van der Waals surface area contributed by atoms with Crippen molar-refractivity contribution in [3.05, 3.63) is 42.5 Å². The van der Waals surface area contributed by atoms with E-state index < -0.39 is 29.8 Å². The van der Waals surface area contributed by atoms with Crippen LogP contribution in [0.15, 0.2) is 46.1 Å². The van der Waals surface area contributed by atoms with E-state index >= 15 is 4.39 Å². The average Bonchev–Trinajstić information content (AvgIpc) is 3.64. The number of piperidine rings is 1. The number of carbonyl (C=O) groups excluding carboxylic acids is 1. The molecule has 2 fully saturated rings. The van der Waals surface area contributed by atoms with Gasteiger partial charge in [0.05, 0.1) is 27.9 Å². The molecule has 1 aromatic carbocycles. The lowest BCUT2D eigenvalue weighted by Crippen LogP contribution is -2.48. The second-order valence-electron chi connectivity index (χ2n) is 8.90. The molecule has 39 heavy (non-hydrogen) atoms. The third-order valence-electron chi connectivity index (χ3n) is 6.32. The van der Waals surface area contributed by atoms with E-state index in [2.05, 4.69) is 36.1 Å². The van der Waals surface area contributed by atoms with Crippen LogP contribution < -0.4 is 20.9 Å². The summed E-state index contributed by atoms with van der Waals surface area (Å²) in [5, 5.41) is 12.6. The minimum Gasteiger partial charge on any atom is -0.378 e. The first kappa shape index (κ1) is 25.6. The van der Waals surface area contributed by atoms with Gasteiger partial charge in [0.25, 0.3) is 5.89 Å². The van der Waals surface area contributed by atoms with Crippen molar-refractivity contribution in [1.29, 1.82) is 0 Å². The maximum Gasteiger partial charge on any atom is 0.446 e. The fourth-order valence-electron chi connectivity index (χ4n) is 4.55. The third-order valence-corrected chi connectivity index (χ3v) is 8.54. The molecule has 0 unspecified atom stereocenters. The van der Waals surface area contributed by atoms with Crippen molar-refractivity contribution in [2.45, 2.75) is 35.1 Å². The summed E-state index contributed by atoms with van der Waals surface area (Å²) in [6.45, 7) is 0.812. The van der Waals surface area contributed by atoms with Gasteiger partial charge in [-0.3, -0.25) is 0 Å². The molecule has 0 bridgehead atoms. The Balaban J connectivity index is 1.30. The Kier molecular flexibility index (Phi) is 6.66. The van der Waals surface area contributed by atoms with Gasteiger partial charge in [0.2, 0.25) is 11.8 Å². The van der Waals surface area contributed by atoms with Crippen LogP contribution >= 0.6 is 23.1 Å². The number of halogens is 4. The molecule has 2 saturated heterocycles. The summed E-state index contributed by atoms with van der Waals surface area (Å²) < 4.78 is 61.8. The average molecular weight is 581 g/mol. The Hall–Kier alpha value is -3.66. The predicted molar refractivity (Wildman–Crippen MR) is 137 cm³/mol. The summed E-state index contributed by atoms with van der Waals surface area (Å²) in [4.78, 5) is 26.0. The van der Waals surface area contributed by atoms with E-state index in [9.17, 15) is 18.0 Å². The number of aromatic nitrogens is 4. The minimum absolute atomic E-state index is 0.0235. The number of thiophene rings is 1. The number of rotatable bonds is 6. The number of benzene rings is 1. The number of hydrogen-bond acceptors (Lipinski definition) is 10. The molecule has 16 heteroatoms. The normalized spacial score (nSPS) is 21.7. The van der Waals surface area contributed by atoms with Crippen LogP contribution in [0.3, 0.4) is 0 Å². The van der Waals surface area contributed by atoms with Crippen molar-refractivity contribution < 1.29 is 26.9 Å². The van der Waals surface area contributed by atoms with Crippen LogP contribution in [-0.2, 0) is 0 Å². The van der Waals surface area contributed by atoms with Crippen LogP contribution in [0.1, 0.15) is 18.4 Å². The molecule has 0 saturated carbocycles. The highest BCUT2D eigenvalue weighted by Crippen LogP contribution is 2.50. The van der Waals surface area contributed by atoms with E-state index in [-0.39, 0.29) is 46.3 Å². The molecule has 6 rings (SSSR count). The highest BCUT2D eigenvalue weighted by molar-refractivity contribution is 8.00. The molecule has 4 aromatic rings. The number of nitrogens with zero attached hydrogens (tertiary/aromatic N) is 5. The summed E-state index contributed by atoms with van der Waals surface area (Å²) in [5.74, 6) is 0.506. The third kappa shape index (κ3) is 5.30. The summed E-state index contributed by atoms with van der Waals surface area (Å²) >= 11 is 0.802. The molecule has 3 aromatic heterocycles. The quantitative estimate of drug-likeness (QED) is 0.219. The number of anilines is 2. The topological polar surface area (TPSA) is 121 Å². The van der Waals surface area contributed by atoms with E-state index in [1.807, 2.05) is 0 Å². The Morgan fingerprint density at radius 3 is 2.74 bits per heavy atom. The zero-order chi connectivity index (χ0) is 27.1. The predicted octanol–water partition coefficient (Wildman–Crippen LogP) is 4.74. The van der Waals surface area contributed by atoms with E-state index in [1.54, 1.807) is 41.6 Å². The number of carbonyl (C=O) groups is 1. The fraction of sp³-hybridized carbons (Fsp3) is 0.348. The van der Waals surface area contributed by atoms with E-state index in [0.29, 0.717) is 34.7 Å². The van der Waals surface area contributed by atoms with Gasteiger partial charge >= 0.3 is 11.5 Å². The van der Waals surface area contributed by atoms with Crippen molar-refractivity contribution in [2.75, 3.05) is 29.9 Å². The van der Waals surface area contributed by atoms with E-state index in [4.69, 9.17) is 4.52 Å². The van der Waals surface area contributed by atoms with Gasteiger partial charge in [-0.1, -0.05) is 17.3 Å². The lowest BCUT2D eigenvalue weighted by atomic mass is 10.0. The Morgan fingerprint density at radius 2 is 2.03 bits per heavy atom. The number of nitrogens with one attached hydrogen (secondary N) is 3. The minimum atomic E-state index is -4.57. The number of amides is 2. The van der Waals surface area contributed by atoms with Gasteiger partial charge in [-0.05, 0) is 30.3 Å². The Morgan fingerprint density at radius 1 is 1.21 bits per heavy atom. The van der Waals surface area contributed by atoms with Gasteiger partial charge in [0.15, 0.2) is 0 Å². The van der Waals surface area contributed by atoms with Gasteiger partial charge < -0.3 is 25.4 Å². The zero-order valence-corrected chi connectivity index (χ0v) is 21.5. The van der Waals surface area contributed by atoms with E-state index in [0.717, 1.165) is 11.3 Å². The maximum absolute atomic E-state index is 15.2. The lowest BCUT2D eigenvalue weighted by Gasteiger charge is -2.35. The van der Waals surface area contributed by atoms with E-state index in [1.165, 1.54) is 0 Å². The highest BCUT2D eigenvalue weighted by atomic mass is 32.2. The smallest absolute Gasteiger partial charge is 0.378 e. The van der Waals surface area contributed by atoms with Crippen LogP contribution in [0, 0.1) is 0 Å². The molecule has 5 heterocycles. The van der Waals surface area contributed by atoms with Crippen LogP contribution in [0.5, 0.6) is 0 Å². The zero-order valence-electron chi connectivity index (χ0n) is 19.9. The first-order valence-corrected chi connectivity index (χ1v) is 13.5. The monoisotopic (exact) mass is 580 g/mol. The number of hydrogen-bond donors (Lipinski definition) is 3. The SMILES string of the molecule is O=C1NC[C@H](c2nc(-c3sc4c(N[C@@H]5CCN(c6ncccn6)C[C@@H]5F)cccc4c3SC(F)(F)F)no2)N1. The Bertz CT molecular complexity index is 1500. The number of alkyl halides is 4. The van der Waals surface area contributed by atoms with Crippen LogP contribution in [-0.4, -0.2) is 63.5 Å². The van der Waals surface area contributed by atoms with Crippen molar-refractivity contribution in [1.82, 2.24) is 30.7 Å². The van der Waals surface area contributed by atoms with Crippen molar-refractivity contribution in [3.8, 4) is 10.7 Å². The molecule has 0 aliphatic carbocycles. The van der Waals surface area contributed by atoms with Gasteiger partial charge in [-0.15, -0.1) is 11.3 Å². The van der Waals surface area contributed by atoms with Crippen LogP contribution in [0.25, 0.3) is 20.8 Å². The molecule has 2 aliphatic rings. The van der Waals surface area contributed by atoms with Crippen LogP contribution in [0.2, 0.25) is 0 Å². The summed E-state index contributed by atoms with van der Waals surface area (Å²) in [7, 11) is 0. The number of fused-ring (bicyclic) bond motifs is 1. The summed E-state index contributed by atoms with van der Waals surface area (Å²) in [6.07, 6.45) is 2.36. The van der Waals surface area contributed by atoms with Gasteiger partial charge in [-0.25, -0.2) is 19.2 Å². The van der Waals surface area contributed by atoms with Crippen LogP contribution in [0.4, 0.5) is 34.0 Å². The molecular weight excluding hydrogens is 560 g/mol. The standard InChI is InChI=1S/C23H20F4N8O2S2/c24-12-10-35(21-28-6-2-7-29-21)8-5-13(12)31-14-4-1-3-11-16(14)38-18(17(11)39-23(25,26)27)19-33-20(37-34-19)15-9-30-22(36)32-15/h1-4,6-7,12-13,15,31H,5,8-10H2,(H2,30,32,36)/t12-,13+,15+/m0/s1. The van der Waals surface area contributed by atoms with Gasteiger partial charge in [0, 0.05) is 35.8 Å². The Labute approximate surface area is 226 Å². The summed E-state index contributed by atoms with van der Waals surface area (Å²) in [6, 6.07) is 5.06. The van der Waals surface area contributed by atoms with Crippen molar-refractivity contribution in [3.63, 3.8) is 0 Å². The second kappa shape index (κ2) is 10.1. The second-order valence-corrected chi connectivity index (χ2v) is 11.0.